The van der Waals surface area contributed by atoms with Crippen LogP contribution in [0.2, 0.25) is 0 Å². The second-order valence-corrected chi connectivity index (χ2v) is 6.48. The van der Waals surface area contributed by atoms with Gasteiger partial charge in [0.05, 0.1) is 6.07 Å². The van der Waals surface area contributed by atoms with Gasteiger partial charge in [-0.15, -0.1) is 5.10 Å². The number of nitrogens with zero attached hydrogens (tertiary/aromatic N) is 3. The number of nitrogens with one attached hydrogen (secondary N) is 2. The Hall–Kier alpha value is -1.06. The fraction of sp³-hybridized carbons (Fsp3) is 0.750. The molecule has 5 nitrogen and oxygen atoms in total. The van der Waals surface area contributed by atoms with E-state index in [1.165, 1.54) is 0 Å². The van der Waals surface area contributed by atoms with Crippen molar-refractivity contribution in [3.05, 3.63) is 5.82 Å². The molecular weight excluding hydrogens is 246 g/mol. The van der Waals surface area contributed by atoms with Gasteiger partial charge in [-0.05, 0) is 34.1 Å². The van der Waals surface area contributed by atoms with Crippen LogP contribution in [0.15, 0.2) is 5.16 Å². The average Bonchev–Trinajstić information content (AvgIpc) is 2.62. The summed E-state index contributed by atoms with van der Waals surface area (Å²) >= 11 is 1.59. The smallest absolute Gasteiger partial charge is 0.208 e. The standard InChI is InChI=1S/C12H21N5S/c1-8(2)15-12(5,7-13)6-9(3)18-11-14-10(4)16-17-11/h8-9,15H,6H2,1-5H3,(H,14,16,17). The van der Waals surface area contributed by atoms with Gasteiger partial charge in [-0.1, -0.05) is 18.7 Å². The van der Waals surface area contributed by atoms with Crippen molar-refractivity contribution < 1.29 is 0 Å². The van der Waals surface area contributed by atoms with Crippen molar-refractivity contribution in [2.45, 2.75) is 63.0 Å². The van der Waals surface area contributed by atoms with E-state index in [1.807, 2.05) is 27.7 Å². The van der Waals surface area contributed by atoms with Crippen LogP contribution in [-0.2, 0) is 0 Å². The van der Waals surface area contributed by atoms with E-state index in [0.29, 0.717) is 0 Å². The first-order chi connectivity index (χ1) is 8.34. The topological polar surface area (TPSA) is 77.4 Å². The van der Waals surface area contributed by atoms with Crippen molar-refractivity contribution in [1.82, 2.24) is 20.5 Å². The number of thioether (sulfide) groups is 1. The summed E-state index contributed by atoms with van der Waals surface area (Å²) in [6.07, 6.45) is 0.750. The summed E-state index contributed by atoms with van der Waals surface area (Å²) in [6.45, 7) is 10.0. The Morgan fingerprint density at radius 2 is 2.17 bits per heavy atom. The maximum Gasteiger partial charge on any atom is 0.208 e. The first-order valence-corrected chi connectivity index (χ1v) is 6.97. The highest BCUT2D eigenvalue weighted by atomic mass is 32.2. The van der Waals surface area contributed by atoms with Gasteiger partial charge in [0, 0.05) is 11.3 Å². The number of hydrogen-bond acceptors (Lipinski definition) is 5. The molecule has 2 unspecified atom stereocenters. The minimum Gasteiger partial charge on any atom is -0.297 e. The first kappa shape index (κ1) is 15.0. The van der Waals surface area contributed by atoms with Crippen LogP contribution in [0.4, 0.5) is 0 Å². The summed E-state index contributed by atoms with van der Waals surface area (Å²) in [7, 11) is 0. The molecule has 0 aliphatic rings. The molecule has 6 heteroatoms. The van der Waals surface area contributed by atoms with Gasteiger partial charge in [-0.3, -0.25) is 10.4 Å². The molecule has 0 saturated carbocycles. The Kier molecular flexibility index (Phi) is 5.17. The van der Waals surface area contributed by atoms with Crippen LogP contribution < -0.4 is 5.32 Å². The lowest BCUT2D eigenvalue weighted by Gasteiger charge is -2.28. The molecule has 1 aromatic heterocycles. The molecule has 1 rings (SSSR count). The maximum atomic E-state index is 9.29. The van der Waals surface area contributed by atoms with Gasteiger partial charge in [0.2, 0.25) is 5.16 Å². The second-order valence-electron chi connectivity index (χ2n) is 5.08. The molecule has 0 saturated heterocycles. The van der Waals surface area contributed by atoms with Gasteiger partial charge < -0.3 is 0 Å². The zero-order valence-corrected chi connectivity index (χ0v) is 12.4. The largest absolute Gasteiger partial charge is 0.297 e. The van der Waals surface area contributed by atoms with Crippen LogP contribution in [0.25, 0.3) is 0 Å². The van der Waals surface area contributed by atoms with Crippen molar-refractivity contribution in [3.8, 4) is 6.07 Å². The molecule has 0 aromatic carbocycles. The second kappa shape index (κ2) is 6.21. The lowest BCUT2D eigenvalue weighted by Crippen LogP contribution is -2.46. The zero-order chi connectivity index (χ0) is 13.8. The Balaban J connectivity index is 2.57. The molecule has 0 radical (unpaired) electrons. The number of rotatable bonds is 6. The lowest BCUT2D eigenvalue weighted by atomic mass is 9.97. The van der Waals surface area contributed by atoms with E-state index in [9.17, 15) is 5.26 Å². The van der Waals surface area contributed by atoms with Gasteiger partial charge in [0.1, 0.15) is 11.4 Å². The number of aryl methyl sites for hydroxylation is 1. The summed E-state index contributed by atoms with van der Waals surface area (Å²) in [5.74, 6) is 0.813. The van der Waals surface area contributed by atoms with Gasteiger partial charge in [0.15, 0.2) is 0 Å². The van der Waals surface area contributed by atoms with E-state index < -0.39 is 5.54 Å². The van der Waals surface area contributed by atoms with Crippen LogP contribution >= 0.6 is 11.8 Å². The number of aromatic nitrogens is 3. The predicted molar refractivity (Wildman–Crippen MR) is 73.3 cm³/mol. The Bertz CT molecular complexity index is 422. The normalized spacial score (nSPS) is 16.3. The van der Waals surface area contributed by atoms with E-state index in [1.54, 1.807) is 11.8 Å². The van der Waals surface area contributed by atoms with Crippen LogP contribution in [0.1, 0.15) is 39.9 Å². The molecule has 2 N–H and O–H groups in total. The third-order valence-corrected chi connectivity index (χ3v) is 3.40. The molecule has 0 aliphatic carbocycles. The van der Waals surface area contributed by atoms with Crippen LogP contribution in [0, 0.1) is 18.3 Å². The van der Waals surface area contributed by atoms with Crippen LogP contribution in [0.5, 0.6) is 0 Å². The zero-order valence-electron chi connectivity index (χ0n) is 11.6. The molecule has 0 fully saturated rings. The molecule has 2 atom stereocenters. The van der Waals surface area contributed by atoms with E-state index in [-0.39, 0.29) is 11.3 Å². The number of hydrogen-bond donors (Lipinski definition) is 2. The lowest BCUT2D eigenvalue weighted by molar-refractivity contribution is 0.382. The number of nitriles is 1. The molecule has 100 valence electrons. The first-order valence-electron chi connectivity index (χ1n) is 6.09. The third kappa shape index (κ3) is 4.67. The third-order valence-electron chi connectivity index (χ3n) is 2.43. The van der Waals surface area contributed by atoms with Crippen molar-refractivity contribution >= 4 is 11.8 Å². The quantitative estimate of drug-likeness (QED) is 0.773. The Morgan fingerprint density at radius 3 is 2.61 bits per heavy atom. The van der Waals surface area contributed by atoms with E-state index in [0.717, 1.165) is 17.4 Å². The molecule has 1 heterocycles. The van der Waals surface area contributed by atoms with Gasteiger partial charge in [-0.2, -0.15) is 5.26 Å². The van der Waals surface area contributed by atoms with Crippen molar-refractivity contribution in [1.29, 1.82) is 5.26 Å². The molecule has 1 aromatic rings. The van der Waals surface area contributed by atoms with Crippen LogP contribution in [0.3, 0.4) is 0 Å². The molecule has 0 spiro atoms. The number of aromatic amines is 1. The van der Waals surface area contributed by atoms with Crippen molar-refractivity contribution in [3.63, 3.8) is 0 Å². The summed E-state index contributed by atoms with van der Waals surface area (Å²) < 4.78 is 0. The molecule has 0 bridgehead atoms. The Morgan fingerprint density at radius 1 is 1.50 bits per heavy atom. The molecule has 18 heavy (non-hydrogen) atoms. The predicted octanol–water partition coefficient (Wildman–Crippen LogP) is 2.26. The fourth-order valence-electron chi connectivity index (χ4n) is 1.95. The molecular formula is C12H21N5S. The minimum absolute atomic E-state index is 0.274. The maximum absolute atomic E-state index is 9.29. The number of H-pyrrole nitrogens is 1. The summed E-state index contributed by atoms with van der Waals surface area (Å²) in [5, 5.41) is 20.5. The summed E-state index contributed by atoms with van der Waals surface area (Å²) in [5.41, 5.74) is -0.508. The average molecular weight is 267 g/mol. The minimum atomic E-state index is -0.508. The Labute approximate surface area is 113 Å². The van der Waals surface area contributed by atoms with Gasteiger partial charge >= 0.3 is 0 Å². The summed E-state index contributed by atoms with van der Waals surface area (Å²) in [6, 6.07) is 2.65. The van der Waals surface area contributed by atoms with E-state index >= 15 is 0 Å². The molecule has 0 amide bonds. The van der Waals surface area contributed by atoms with Crippen LogP contribution in [-0.4, -0.2) is 32.0 Å². The SMILES string of the molecule is Cc1nc(SC(C)CC(C)(C#N)NC(C)C)n[nH]1. The van der Waals surface area contributed by atoms with Crippen molar-refractivity contribution in [2.75, 3.05) is 0 Å². The van der Waals surface area contributed by atoms with Gasteiger partial charge in [-0.25, -0.2) is 4.98 Å². The molecule has 0 aliphatic heterocycles. The van der Waals surface area contributed by atoms with Crippen molar-refractivity contribution in [2.24, 2.45) is 0 Å². The van der Waals surface area contributed by atoms with E-state index in [2.05, 4.69) is 33.5 Å². The summed E-state index contributed by atoms with van der Waals surface area (Å²) in [4.78, 5) is 4.26. The van der Waals surface area contributed by atoms with Gasteiger partial charge in [0.25, 0.3) is 0 Å². The highest BCUT2D eigenvalue weighted by Crippen LogP contribution is 2.26. The highest BCUT2D eigenvalue weighted by molar-refractivity contribution is 7.99. The van der Waals surface area contributed by atoms with E-state index in [4.69, 9.17) is 0 Å². The highest BCUT2D eigenvalue weighted by Gasteiger charge is 2.27. The fourth-order valence-corrected chi connectivity index (χ4v) is 3.01. The monoisotopic (exact) mass is 267 g/mol.